The number of aryl methyl sites for hydroxylation is 2. The molecule has 2 aromatic rings. The van der Waals surface area contributed by atoms with Crippen LogP contribution in [-0.4, -0.2) is 32.0 Å². The number of hydrogen-bond acceptors (Lipinski definition) is 2. The zero-order chi connectivity index (χ0) is 20.0. The lowest BCUT2D eigenvalue weighted by Crippen LogP contribution is -3.11. The highest BCUT2D eigenvalue weighted by Gasteiger charge is 2.17. The highest BCUT2D eigenvalue weighted by atomic mass is 35.5. The second-order valence-electron chi connectivity index (χ2n) is 7.00. The molecule has 27 heavy (non-hydrogen) atoms. The molecule has 0 heterocycles. The minimum Gasteiger partial charge on any atom is -0.345 e. The van der Waals surface area contributed by atoms with Crippen molar-refractivity contribution < 1.29 is 14.5 Å². The van der Waals surface area contributed by atoms with E-state index < -0.39 is 0 Å². The fraction of sp³-hybridized carbons (Fsp3) is 0.333. The van der Waals surface area contributed by atoms with Crippen LogP contribution in [0.15, 0.2) is 42.5 Å². The van der Waals surface area contributed by atoms with Gasteiger partial charge in [0.05, 0.1) is 13.1 Å². The number of nitrogens with one attached hydrogen (secondary N) is 3. The second kappa shape index (κ2) is 9.53. The summed E-state index contributed by atoms with van der Waals surface area (Å²) in [5, 5.41) is 6.41. The lowest BCUT2D eigenvalue weighted by Gasteiger charge is -2.18. The normalized spacial score (nSPS) is 12.9. The van der Waals surface area contributed by atoms with Gasteiger partial charge in [0, 0.05) is 10.7 Å². The summed E-state index contributed by atoms with van der Waals surface area (Å²) in [6.07, 6.45) is 0. The van der Waals surface area contributed by atoms with E-state index in [-0.39, 0.29) is 30.9 Å². The molecule has 0 bridgehead atoms. The van der Waals surface area contributed by atoms with E-state index in [1.54, 1.807) is 24.3 Å². The van der Waals surface area contributed by atoms with E-state index in [0.29, 0.717) is 10.7 Å². The van der Waals surface area contributed by atoms with Crippen LogP contribution in [0, 0.1) is 13.8 Å². The monoisotopic (exact) mass is 388 g/mol. The molecule has 0 aliphatic rings. The predicted octanol–water partition coefficient (Wildman–Crippen LogP) is 2.29. The third kappa shape index (κ3) is 6.70. The fourth-order valence-electron chi connectivity index (χ4n) is 2.76. The Kier molecular flexibility index (Phi) is 7.39. The van der Waals surface area contributed by atoms with Gasteiger partial charge in [-0.05, 0) is 61.7 Å². The summed E-state index contributed by atoms with van der Waals surface area (Å²) in [6, 6.07) is 13.0. The molecule has 0 spiro atoms. The zero-order valence-corrected chi connectivity index (χ0v) is 17.0. The molecule has 2 atom stereocenters. The standard InChI is InChI=1S/C21H26ClN3O2/c1-14-5-6-17(11-15(14)2)16(3)23-20(26)12-25(4)13-21(27)24-19-9-7-18(22)8-10-19/h5-11,16H,12-13H2,1-4H3,(H,23,26)(H,24,27)/p+1/t16-/m1/s1. The number of anilines is 1. The van der Waals surface area contributed by atoms with Crippen molar-refractivity contribution in [1.29, 1.82) is 0 Å². The van der Waals surface area contributed by atoms with Crippen LogP contribution in [0.4, 0.5) is 5.69 Å². The van der Waals surface area contributed by atoms with Crippen LogP contribution in [-0.2, 0) is 9.59 Å². The van der Waals surface area contributed by atoms with Gasteiger partial charge in [-0.25, -0.2) is 0 Å². The number of quaternary nitrogens is 1. The van der Waals surface area contributed by atoms with Gasteiger partial charge in [-0.1, -0.05) is 29.8 Å². The highest BCUT2D eigenvalue weighted by Crippen LogP contribution is 2.16. The number of hydrogen-bond donors (Lipinski definition) is 3. The molecule has 0 aliphatic carbocycles. The lowest BCUT2D eigenvalue weighted by atomic mass is 10.0. The maximum atomic E-state index is 12.3. The van der Waals surface area contributed by atoms with E-state index in [1.165, 1.54) is 11.1 Å². The minimum atomic E-state index is -0.148. The van der Waals surface area contributed by atoms with Crippen LogP contribution in [0.3, 0.4) is 0 Å². The first-order chi connectivity index (χ1) is 12.7. The fourth-order valence-corrected chi connectivity index (χ4v) is 2.88. The Bertz CT molecular complexity index is 806. The molecule has 3 N–H and O–H groups in total. The number of likely N-dealkylation sites (N-methyl/N-ethyl adjacent to an activating group) is 1. The van der Waals surface area contributed by atoms with Crippen molar-refractivity contribution in [3.63, 3.8) is 0 Å². The molecule has 5 nitrogen and oxygen atoms in total. The molecule has 0 aromatic heterocycles. The third-order valence-electron chi connectivity index (χ3n) is 4.46. The van der Waals surface area contributed by atoms with Gasteiger partial charge in [0.15, 0.2) is 13.1 Å². The molecule has 0 fully saturated rings. The summed E-state index contributed by atoms with van der Waals surface area (Å²) in [5.41, 5.74) is 4.19. The SMILES string of the molecule is Cc1ccc([C@@H](C)NC(=O)C[NH+](C)CC(=O)Nc2ccc(Cl)cc2)cc1C. The van der Waals surface area contributed by atoms with Crippen molar-refractivity contribution in [1.82, 2.24) is 5.32 Å². The van der Waals surface area contributed by atoms with Gasteiger partial charge in [-0.2, -0.15) is 0 Å². The number of carbonyl (C=O) groups excluding carboxylic acids is 2. The number of rotatable bonds is 7. The molecular weight excluding hydrogens is 362 g/mol. The first kappa shape index (κ1) is 20.9. The van der Waals surface area contributed by atoms with Crippen LogP contribution in [0.25, 0.3) is 0 Å². The van der Waals surface area contributed by atoms with Crippen LogP contribution >= 0.6 is 11.6 Å². The third-order valence-corrected chi connectivity index (χ3v) is 4.71. The Hall–Kier alpha value is -2.37. The van der Waals surface area contributed by atoms with E-state index in [4.69, 9.17) is 11.6 Å². The molecule has 2 aromatic carbocycles. The first-order valence-electron chi connectivity index (χ1n) is 8.98. The largest absolute Gasteiger partial charge is 0.345 e. The maximum absolute atomic E-state index is 12.3. The Morgan fingerprint density at radius 3 is 2.26 bits per heavy atom. The second-order valence-corrected chi connectivity index (χ2v) is 7.44. The maximum Gasteiger partial charge on any atom is 0.279 e. The van der Waals surface area contributed by atoms with E-state index >= 15 is 0 Å². The van der Waals surface area contributed by atoms with Gasteiger partial charge in [0.2, 0.25) is 0 Å². The van der Waals surface area contributed by atoms with E-state index in [0.717, 1.165) is 10.5 Å². The van der Waals surface area contributed by atoms with Crippen molar-refractivity contribution >= 4 is 29.1 Å². The summed E-state index contributed by atoms with van der Waals surface area (Å²) in [4.78, 5) is 25.2. The summed E-state index contributed by atoms with van der Waals surface area (Å²) in [7, 11) is 1.82. The van der Waals surface area contributed by atoms with Gasteiger partial charge >= 0.3 is 0 Å². The summed E-state index contributed by atoms with van der Waals surface area (Å²) >= 11 is 5.83. The van der Waals surface area contributed by atoms with Gasteiger partial charge in [0.25, 0.3) is 11.8 Å². The number of halogens is 1. The Balaban J connectivity index is 1.81. The molecule has 6 heteroatoms. The van der Waals surface area contributed by atoms with E-state index in [1.807, 2.05) is 20.0 Å². The highest BCUT2D eigenvalue weighted by molar-refractivity contribution is 6.30. The molecule has 0 saturated heterocycles. The summed E-state index contributed by atoms with van der Waals surface area (Å²) in [5.74, 6) is -0.234. The van der Waals surface area contributed by atoms with Crippen molar-refractivity contribution in [2.24, 2.45) is 0 Å². The van der Waals surface area contributed by atoms with Crippen molar-refractivity contribution in [3.8, 4) is 0 Å². The molecule has 1 unspecified atom stereocenters. The van der Waals surface area contributed by atoms with E-state index in [9.17, 15) is 9.59 Å². The minimum absolute atomic E-state index is 0.0764. The average Bonchev–Trinajstić information content (AvgIpc) is 2.58. The molecule has 2 amide bonds. The van der Waals surface area contributed by atoms with E-state index in [2.05, 4.69) is 36.6 Å². The van der Waals surface area contributed by atoms with Crippen LogP contribution in [0.1, 0.15) is 29.7 Å². The molecule has 2 rings (SSSR count). The summed E-state index contributed by atoms with van der Waals surface area (Å²) in [6.45, 7) is 6.52. The van der Waals surface area contributed by atoms with Gasteiger partial charge < -0.3 is 15.5 Å². The molecule has 0 aliphatic heterocycles. The van der Waals surface area contributed by atoms with Gasteiger partial charge in [-0.15, -0.1) is 0 Å². The topological polar surface area (TPSA) is 62.6 Å². The van der Waals surface area contributed by atoms with Crippen molar-refractivity contribution in [3.05, 3.63) is 64.2 Å². The number of benzene rings is 2. The molecule has 0 radical (unpaired) electrons. The van der Waals surface area contributed by atoms with Crippen molar-refractivity contribution in [2.45, 2.75) is 26.8 Å². The predicted molar refractivity (Wildman–Crippen MR) is 109 cm³/mol. The Morgan fingerprint density at radius 2 is 1.63 bits per heavy atom. The smallest absolute Gasteiger partial charge is 0.279 e. The first-order valence-corrected chi connectivity index (χ1v) is 9.35. The lowest BCUT2D eigenvalue weighted by molar-refractivity contribution is -0.862. The summed E-state index contributed by atoms with van der Waals surface area (Å²) < 4.78 is 0. The molecule has 0 saturated carbocycles. The van der Waals surface area contributed by atoms with Crippen LogP contribution in [0.5, 0.6) is 0 Å². The Labute approximate surface area is 165 Å². The van der Waals surface area contributed by atoms with Crippen LogP contribution < -0.4 is 15.5 Å². The molecule has 144 valence electrons. The van der Waals surface area contributed by atoms with Gasteiger partial charge in [0.1, 0.15) is 0 Å². The quantitative estimate of drug-likeness (QED) is 0.681. The number of amides is 2. The number of carbonyl (C=O) groups is 2. The average molecular weight is 389 g/mol. The Morgan fingerprint density at radius 1 is 1.00 bits per heavy atom. The van der Waals surface area contributed by atoms with Gasteiger partial charge in [-0.3, -0.25) is 9.59 Å². The molecular formula is C21H27ClN3O2+. The zero-order valence-electron chi connectivity index (χ0n) is 16.2. The van der Waals surface area contributed by atoms with Crippen LogP contribution in [0.2, 0.25) is 5.02 Å². The van der Waals surface area contributed by atoms with Crippen molar-refractivity contribution in [2.75, 3.05) is 25.5 Å².